The predicted molar refractivity (Wildman–Crippen MR) is 133 cm³/mol. The molecule has 0 aliphatic carbocycles. The van der Waals surface area contributed by atoms with E-state index in [1.54, 1.807) is 12.1 Å². The van der Waals surface area contributed by atoms with Gasteiger partial charge in [0.05, 0.1) is 37.9 Å². The number of amides is 1. The number of hydrogen-bond donors (Lipinski definition) is 2. The second kappa shape index (κ2) is 10.3. The van der Waals surface area contributed by atoms with E-state index >= 15 is 0 Å². The topological polar surface area (TPSA) is 123 Å². The van der Waals surface area contributed by atoms with Crippen molar-refractivity contribution in [2.24, 2.45) is 0 Å². The summed E-state index contributed by atoms with van der Waals surface area (Å²) in [7, 11) is -2.74. The number of hydrogen-bond acceptors (Lipinski definition) is 8. The highest BCUT2D eigenvalue weighted by atomic mass is 32.2. The second-order valence-electron chi connectivity index (χ2n) is 8.04. The van der Waals surface area contributed by atoms with Crippen LogP contribution in [0.2, 0.25) is 0 Å². The quantitative estimate of drug-likeness (QED) is 0.511. The van der Waals surface area contributed by atoms with E-state index in [4.69, 9.17) is 9.47 Å². The van der Waals surface area contributed by atoms with Gasteiger partial charge in [-0.25, -0.2) is 18.4 Å². The molecule has 10 nitrogen and oxygen atoms in total. The van der Waals surface area contributed by atoms with Gasteiger partial charge in [-0.2, -0.15) is 0 Å². The van der Waals surface area contributed by atoms with Crippen LogP contribution in [-0.2, 0) is 14.8 Å². The first-order chi connectivity index (χ1) is 16.8. The molecule has 2 aromatic heterocycles. The van der Waals surface area contributed by atoms with Crippen LogP contribution in [0.25, 0.3) is 0 Å². The zero-order chi connectivity index (χ0) is 25.0. The molecule has 0 unspecified atom stereocenters. The lowest BCUT2D eigenvalue weighted by Crippen LogP contribution is -2.37. The number of nitrogens with one attached hydrogen (secondary N) is 2. The smallest absolute Gasteiger partial charge is 0.274 e. The maximum absolute atomic E-state index is 13.2. The summed E-state index contributed by atoms with van der Waals surface area (Å²) in [5.41, 5.74) is 2.42. The Morgan fingerprint density at radius 1 is 1.09 bits per heavy atom. The Balaban J connectivity index is 1.59. The average molecular weight is 498 g/mol. The first-order valence-electron chi connectivity index (χ1n) is 11.0. The molecule has 184 valence electrons. The van der Waals surface area contributed by atoms with Crippen LogP contribution in [0.5, 0.6) is 5.88 Å². The lowest BCUT2D eigenvalue weighted by atomic mass is 10.1. The van der Waals surface area contributed by atoms with E-state index in [9.17, 15) is 13.2 Å². The Hall–Kier alpha value is -3.70. The molecule has 3 heterocycles. The van der Waals surface area contributed by atoms with E-state index in [1.165, 1.54) is 19.4 Å². The molecule has 3 aromatic rings. The third kappa shape index (κ3) is 5.52. The van der Waals surface area contributed by atoms with Crippen molar-refractivity contribution in [2.75, 3.05) is 48.4 Å². The number of benzene rings is 1. The molecule has 2 N–H and O–H groups in total. The Morgan fingerprint density at radius 3 is 2.46 bits per heavy atom. The van der Waals surface area contributed by atoms with E-state index in [1.807, 2.05) is 43.0 Å². The Kier molecular flexibility index (Phi) is 7.17. The number of para-hydroxylation sites is 1. The van der Waals surface area contributed by atoms with Crippen LogP contribution in [-0.4, -0.2) is 57.7 Å². The van der Waals surface area contributed by atoms with Gasteiger partial charge >= 0.3 is 0 Å². The minimum Gasteiger partial charge on any atom is -0.480 e. The number of pyridine rings is 2. The highest BCUT2D eigenvalue weighted by molar-refractivity contribution is 7.92. The van der Waals surface area contributed by atoms with Crippen LogP contribution < -0.4 is 19.7 Å². The van der Waals surface area contributed by atoms with Crippen molar-refractivity contribution in [1.82, 2.24) is 9.97 Å². The van der Waals surface area contributed by atoms with Crippen molar-refractivity contribution < 1.29 is 22.7 Å². The van der Waals surface area contributed by atoms with E-state index in [0.717, 1.165) is 11.1 Å². The Labute approximate surface area is 204 Å². The van der Waals surface area contributed by atoms with Gasteiger partial charge in [-0.1, -0.05) is 24.3 Å². The van der Waals surface area contributed by atoms with E-state index in [0.29, 0.717) is 37.8 Å². The standard InChI is InChI=1S/C24H27N5O5S/c1-16-6-4-7-17(2)22(16)28-35(31,32)20-14-18(15-25-24(20)33-3)26-23(30)19-8-5-9-21(27-19)29-10-12-34-13-11-29/h4-9,14-15,28H,10-13H2,1-3H3,(H,26,30). The van der Waals surface area contributed by atoms with Crippen LogP contribution in [0.3, 0.4) is 0 Å². The number of anilines is 3. The number of nitrogens with zero attached hydrogens (tertiary/aromatic N) is 3. The molecule has 1 saturated heterocycles. The van der Waals surface area contributed by atoms with Gasteiger partial charge in [-0.3, -0.25) is 9.52 Å². The summed E-state index contributed by atoms with van der Waals surface area (Å²) in [6.07, 6.45) is 1.33. The average Bonchev–Trinajstić information content (AvgIpc) is 2.87. The van der Waals surface area contributed by atoms with E-state index in [-0.39, 0.29) is 22.2 Å². The first-order valence-corrected chi connectivity index (χ1v) is 12.5. The summed E-state index contributed by atoms with van der Waals surface area (Å²) in [6.45, 7) is 6.21. The van der Waals surface area contributed by atoms with Crippen LogP contribution >= 0.6 is 0 Å². The molecule has 0 atom stereocenters. The van der Waals surface area contributed by atoms with Gasteiger partial charge in [-0.05, 0) is 43.2 Å². The van der Waals surface area contributed by atoms with Crippen LogP contribution in [0.4, 0.5) is 17.2 Å². The van der Waals surface area contributed by atoms with Gasteiger partial charge in [0.15, 0.2) is 4.90 Å². The third-order valence-corrected chi connectivity index (χ3v) is 6.92. The fourth-order valence-electron chi connectivity index (χ4n) is 3.72. The van der Waals surface area contributed by atoms with Crippen LogP contribution in [0.15, 0.2) is 53.6 Å². The number of ether oxygens (including phenoxy) is 2. The molecule has 1 aliphatic heterocycles. The molecule has 4 rings (SSSR count). The predicted octanol–water partition coefficient (Wildman–Crippen LogP) is 2.99. The van der Waals surface area contributed by atoms with Crippen molar-refractivity contribution in [2.45, 2.75) is 18.7 Å². The second-order valence-corrected chi connectivity index (χ2v) is 9.69. The molecule has 1 fully saturated rings. The number of aromatic nitrogens is 2. The maximum Gasteiger partial charge on any atom is 0.274 e. The first kappa shape index (κ1) is 24.4. The largest absolute Gasteiger partial charge is 0.480 e. The Bertz CT molecular complexity index is 1320. The number of sulfonamides is 1. The van der Waals surface area contributed by atoms with Gasteiger partial charge in [0, 0.05) is 13.1 Å². The highest BCUT2D eigenvalue weighted by Crippen LogP contribution is 2.29. The summed E-state index contributed by atoms with van der Waals surface area (Å²) >= 11 is 0. The number of methoxy groups -OCH3 is 1. The third-order valence-electron chi connectivity index (χ3n) is 5.58. The fourth-order valence-corrected chi connectivity index (χ4v) is 5.07. The van der Waals surface area contributed by atoms with Crippen molar-refractivity contribution in [3.8, 4) is 5.88 Å². The summed E-state index contributed by atoms with van der Waals surface area (Å²) in [5, 5.41) is 2.68. The number of carbonyl (C=O) groups is 1. The maximum atomic E-state index is 13.2. The monoisotopic (exact) mass is 497 g/mol. The van der Waals surface area contributed by atoms with Crippen LogP contribution in [0.1, 0.15) is 21.6 Å². The number of morpholine rings is 1. The molecule has 1 aromatic carbocycles. The van der Waals surface area contributed by atoms with E-state index in [2.05, 4.69) is 20.0 Å². The summed E-state index contributed by atoms with van der Waals surface area (Å²) in [5.74, 6) is 0.0992. The number of aryl methyl sites for hydroxylation is 2. The van der Waals surface area contributed by atoms with Crippen molar-refractivity contribution in [3.05, 3.63) is 65.5 Å². The highest BCUT2D eigenvalue weighted by Gasteiger charge is 2.24. The fraction of sp³-hybridized carbons (Fsp3) is 0.292. The van der Waals surface area contributed by atoms with Crippen molar-refractivity contribution >= 4 is 33.1 Å². The molecule has 35 heavy (non-hydrogen) atoms. The van der Waals surface area contributed by atoms with Crippen molar-refractivity contribution in [1.29, 1.82) is 0 Å². The van der Waals surface area contributed by atoms with Gasteiger partial charge in [0.25, 0.3) is 15.9 Å². The van der Waals surface area contributed by atoms with Gasteiger partial charge < -0.3 is 19.7 Å². The molecule has 0 saturated carbocycles. The summed E-state index contributed by atoms with van der Waals surface area (Å²) in [6, 6.07) is 12.0. The zero-order valence-corrected chi connectivity index (χ0v) is 20.6. The summed E-state index contributed by atoms with van der Waals surface area (Å²) in [4.78, 5) is 23.3. The lowest BCUT2D eigenvalue weighted by molar-refractivity contribution is 0.102. The van der Waals surface area contributed by atoms with Gasteiger partial charge in [0.1, 0.15) is 11.5 Å². The lowest BCUT2D eigenvalue weighted by Gasteiger charge is -2.27. The molecule has 0 radical (unpaired) electrons. The van der Waals surface area contributed by atoms with Gasteiger partial charge in [-0.15, -0.1) is 0 Å². The molecule has 11 heteroatoms. The molecule has 1 aliphatic rings. The van der Waals surface area contributed by atoms with E-state index < -0.39 is 15.9 Å². The number of rotatable bonds is 7. The normalized spacial score (nSPS) is 13.9. The molecular formula is C24H27N5O5S. The molecule has 1 amide bonds. The SMILES string of the molecule is COc1ncc(NC(=O)c2cccc(N3CCOCC3)n2)cc1S(=O)(=O)Nc1c(C)cccc1C. The molecular weight excluding hydrogens is 470 g/mol. The Morgan fingerprint density at radius 2 is 1.77 bits per heavy atom. The van der Waals surface area contributed by atoms with Crippen molar-refractivity contribution in [3.63, 3.8) is 0 Å². The van der Waals surface area contributed by atoms with Gasteiger partial charge in [0.2, 0.25) is 5.88 Å². The van der Waals surface area contributed by atoms with Crippen LogP contribution in [0, 0.1) is 13.8 Å². The molecule has 0 bridgehead atoms. The zero-order valence-electron chi connectivity index (χ0n) is 19.7. The summed E-state index contributed by atoms with van der Waals surface area (Å²) < 4.78 is 39.6. The number of carbonyl (C=O) groups excluding carboxylic acids is 1. The minimum atomic E-state index is -4.07. The molecule has 0 spiro atoms. The minimum absolute atomic E-state index is 0.0887.